The maximum Gasteiger partial charge on any atom is 0.303 e. The number of piperazine rings is 1. The molecule has 1 N–H and O–H groups in total. The van der Waals surface area contributed by atoms with Crippen LogP contribution in [0.5, 0.6) is 0 Å². The highest BCUT2D eigenvalue weighted by atomic mass is 79.9. The van der Waals surface area contributed by atoms with E-state index in [0.717, 1.165) is 3.79 Å². The van der Waals surface area contributed by atoms with Gasteiger partial charge in [-0.15, -0.1) is 11.3 Å². The van der Waals surface area contributed by atoms with Crippen molar-refractivity contribution in [1.29, 1.82) is 0 Å². The molecule has 0 aromatic carbocycles. The molecular weight excluding hydrogens is 380 g/mol. The van der Waals surface area contributed by atoms with Gasteiger partial charge in [-0.25, -0.2) is 8.42 Å². The average Bonchev–Trinajstić information content (AvgIpc) is 2.86. The highest BCUT2D eigenvalue weighted by molar-refractivity contribution is 9.11. The standard InChI is InChI=1S/C12H17BrN2O4S2/c13-10-3-4-12(20-10)21(18,19)15-8-6-14(7-9-15)5-1-2-11(16)17/h3-4H,1-2,5-9H2,(H,16,17). The van der Waals surface area contributed by atoms with Crippen molar-refractivity contribution in [3.8, 4) is 0 Å². The van der Waals surface area contributed by atoms with E-state index in [9.17, 15) is 13.2 Å². The molecule has 1 aliphatic heterocycles. The first kappa shape index (κ1) is 16.9. The number of carboxylic acid groups (broad SMARTS) is 1. The van der Waals surface area contributed by atoms with Crippen molar-refractivity contribution in [2.75, 3.05) is 32.7 Å². The molecule has 0 atom stereocenters. The lowest BCUT2D eigenvalue weighted by molar-refractivity contribution is -0.137. The molecular formula is C12H17BrN2O4S2. The summed E-state index contributed by atoms with van der Waals surface area (Å²) in [5, 5.41) is 8.61. The van der Waals surface area contributed by atoms with E-state index >= 15 is 0 Å². The van der Waals surface area contributed by atoms with Crippen molar-refractivity contribution in [3.63, 3.8) is 0 Å². The van der Waals surface area contributed by atoms with Crippen LogP contribution in [0.3, 0.4) is 0 Å². The van der Waals surface area contributed by atoms with Gasteiger partial charge in [-0.3, -0.25) is 4.79 Å². The first-order chi connectivity index (χ1) is 9.89. The van der Waals surface area contributed by atoms with Crippen LogP contribution < -0.4 is 0 Å². The van der Waals surface area contributed by atoms with Crippen LogP contribution in [0.2, 0.25) is 0 Å². The summed E-state index contributed by atoms with van der Waals surface area (Å²) in [6.45, 7) is 2.89. The second kappa shape index (κ2) is 7.19. The molecule has 0 spiro atoms. The van der Waals surface area contributed by atoms with E-state index in [1.807, 2.05) is 0 Å². The van der Waals surface area contributed by atoms with Crippen LogP contribution >= 0.6 is 27.3 Å². The zero-order valence-corrected chi connectivity index (χ0v) is 14.6. The van der Waals surface area contributed by atoms with Gasteiger partial charge in [0.05, 0.1) is 3.79 Å². The summed E-state index contributed by atoms with van der Waals surface area (Å²) >= 11 is 4.49. The van der Waals surface area contributed by atoms with Gasteiger partial charge in [0, 0.05) is 32.6 Å². The smallest absolute Gasteiger partial charge is 0.303 e. The molecule has 0 saturated carbocycles. The fourth-order valence-electron chi connectivity index (χ4n) is 2.21. The van der Waals surface area contributed by atoms with Crippen LogP contribution in [0, 0.1) is 0 Å². The average molecular weight is 397 g/mol. The fraction of sp³-hybridized carbons (Fsp3) is 0.583. The lowest BCUT2D eigenvalue weighted by atomic mass is 10.2. The maximum absolute atomic E-state index is 12.4. The molecule has 1 fully saturated rings. The number of halogens is 1. The molecule has 0 aliphatic carbocycles. The van der Waals surface area contributed by atoms with Crippen LogP contribution in [0.1, 0.15) is 12.8 Å². The van der Waals surface area contributed by atoms with Crippen LogP contribution in [0.4, 0.5) is 0 Å². The van der Waals surface area contributed by atoms with Crippen molar-refractivity contribution < 1.29 is 18.3 Å². The molecule has 1 aliphatic rings. The van der Waals surface area contributed by atoms with Crippen LogP contribution in [0.25, 0.3) is 0 Å². The number of rotatable bonds is 6. The minimum absolute atomic E-state index is 0.154. The first-order valence-corrected chi connectivity index (χ1v) is 9.64. The molecule has 2 rings (SSSR count). The lowest BCUT2D eigenvalue weighted by Crippen LogP contribution is -2.48. The molecule has 0 unspecified atom stereocenters. The number of sulfonamides is 1. The number of hydrogen-bond acceptors (Lipinski definition) is 5. The highest BCUT2D eigenvalue weighted by Gasteiger charge is 2.29. The molecule has 0 radical (unpaired) electrons. The number of nitrogens with zero attached hydrogens (tertiary/aromatic N) is 2. The molecule has 6 nitrogen and oxygen atoms in total. The van der Waals surface area contributed by atoms with Crippen LogP contribution in [-0.2, 0) is 14.8 Å². The number of carboxylic acids is 1. The van der Waals surface area contributed by atoms with Crippen molar-refractivity contribution in [3.05, 3.63) is 15.9 Å². The Labute approximate surface area is 136 Å². The van der Waals surface area contributed by atoms with E-state index < -0.39 is 16.0 Å². The summed E-state index contributed by atoms with van der Waals surface area (Å²) in [6, 6.07) is 3.35. The third-order valence-corrected chi connectivity index (χ3v) is 7.33. The molecule has 1 aromatic rings. The maximum atomic E-state index is 12.4. The predicted octanol–water partition coefficient (Wildman–Crippen LogP) is 1.68. The zero-order valence-electron chi connectivity index (χ0n) is 11.4. The van der Waals surface area contributed by atoms with E-state index in [0.29, 0.717) is 43.4 Å². The van der Waals surface area contributed by atoms with Crippen LogP contribution in [0.15, 0.2) is 20.1 Å². The summed E-state index contributed by atoms with van der Waals surface area (Å²) in [5.74, 6) is -0.792. The minimum Gasteiger partial charge on any atom is -0.481 e. The van der Waals surface area contributed by atoms with Crippen molar-refractivity contribution in [2.24, 2.45) is 0 Å². The number of hydrogen-bond donors (Lipinski definition) is 1. The Morgan fingerprint density at radius 2 is 1.95 bits per heavy atom. The zero-order chi connectivity index (χ0) is 15.5. The van der Waals surface area contributed by atoms with Gasteiger partial charge in [-0.2, -0.15) is 4.31 Å². The Balaban J connectivity index is 1.87. The van der Waals surface area contributed by atoms with Gasteiger partial charge >= 0.3 is 5.97 Å². The van der Waals surface area contributed by atoms with Crippen molar-refractivity contribution in [1.82, 2.24) is 9.21 Å². The molecule has 1 saturated heterocycles. The summed E-state index contributed by atoms with van der Waals surface area (Å²) in [4.78, 5) is 12.6. The topological polar surface area (TPSA) is 77.9 Å². The van der Waals surface area contributed by atoms with E-state index in [1.54, 1.807) is 12.1 Å². The van der Waals surface area contributed by atoms with Gasteiger partial charge in [-0.1, -0.05) is 0 Å². The highest BCUT2D eigenvalue weighted by Crippen LogP contribution is 2.28. The first-order valence-electron chi connectivity index (χ1n) is 6.59. The second-order valence-electron chi connectivity index (χ2n) is 4.80. The third-order valence-electron chi connectivity index (χ3n) is 3.34. The van der Waals surface area contributed by atoms with Gasteiger partial charge in [0.15, 0.2) is 0 Å². The SMILES string of the molecule is O=C(O)CCCN1CCN(S(=O)(=O)c2ccc(Br)s2)CC1. The second-order valence-corrected chi connectivity index (χ2v) is 9.43. The van der Waals surface area contributed by atoms with E-state index in [-0.39, 0.29) is 6.42 Å². The summed E-state index contributed by atoms with van der Waals surface area (Å²) in [5.41, 5.74) is 0. The van der Waals surface area contributed by atoms with E-state index in [4.69, 9.17) is 5.11 Å². The summed E-state index contributed by atoms with van der Waals surface area (Å²) in [6.07, 6.45) is 0.752. The third kappa shape index (κ3) is 4.49. The molecule has 2 heterocycles. The molecule has 21 heavy (non-hydrogen) atoms. The molecule has 0 bridgehead atoms. The Morgan fingerprint density at radius 3 is 2.48 bits per heavy atom. The number of aliphatic carboxylic acids is 1. The Kier molecular flexibility index (Phi) is 5.78. The van der Waals surface area contributed by atoms with Gasteiger partial charge in [0.25, 0.3) is 10.0 Å². The molecule has 0 amide bonds. The predicted molar refractivity (Wildman–Crippen MR) is 84.1 cm³/mol. The van der Waals surface area contributed by atoms with E-state index in [1.165, 1.54) is 15.6 Å². The van der Waals surface area contributed by atoms with Gasteiger partial charge in [0.1, 0.15) is 4.21 Å². The largest absolute Gasteiger partial charge is 0.481 e. The lowest BCUT2D eigenvalue weighted by Gasteiger charge is -2.33. The number of carbonyl (C=O) groups is 1. The Bertz CT molecular complexity index is 594. The minimum atomic E-state index is -3.40. The normalized spacial score (nSPS) is 18.0. The monoisotopic (exact) mass is 396 g/mol. The summed E-state index contributed by atoms with van der Waals surface area (Å²) in [7, 11) is -3.40. The van der Waals surface area contributed by atoms with Crippen LogP contribution in [-0.4, -0.2) is 61.4 Å². The van der Waals surface area contributed by atoms with Crippen molar-refractivity contribution in [2.45, 2.75) is 17.1 Å². The van der Waals surface area contributed by atoms with Gasteiger partial charge < -0.3 is 10.0 Å². The Morgan fingerprint density at radius 1 is 1.29 bits per heavy atom. The quantitative estimate of drug-likeness (QED) is 0.791. The van der Waals surface area contributed by atoms with E-state index in [2.05, 4.69) is 20.8 Å². The van der Waals surface area contributed by atoms with Gasteiger partial charge in [-0.05, 0) is 41.0 Å². The summed E-state index contributed by atoms with van der Waals surface area (Å²) < 4.78 is 27.5. The van der Waals surface area contributed by atoms with Gasteiger partial charge in [0.2, 0.25) is 0 Å². The van der Waals surface area contributed by atoms with Crippen molar-refractivity contribution >= 4 is 43.3 Å². The Hall–Kier alpha value is -0.480. The molecule has 9 heteroatoms. The number of thiophene rings is 1. The molecule has 1 aromatic heterocycles. The fourth-order valence-corrected chi connectivity index (χ4v) is 5.80. The molecule has 118 valence electrons.